The van der Waals surface area contributed by atoms with Crippen molar-refractivity contribution in [2.45, 2.75) is 45.2 Å². The van der Waals surface area contributed by atoms with Gasteiger partial charge in [-0.15, -0.1) is 11.3 Å². The number of aryl methyl sites for hydroxylation is 3. The van der Waals surface area contributed by atoms with Crippen LogP contribution >= 0.6 is 11.3 Å². The van der Waals surface area contributed by atoms with Crippen LogP contribution in [0.5, 0.6) is 0 Å². The highest BCUT2D eigenvalue weighted by molar-refractivity contribution is 7.89. The Hall–Kier alpha value is -1.77. The summed E-state index contributed by atoms with van der Waals surface area (Å²) in [6, 6.07) is 2.58. The van der Waals surface area contributed by atoms with Gasteiger partial charge in [0.2, 0.25) is 15.9 Å². The van der Waals surface area contributed by atoms with Crippen LogP contribution in [-0.2, 0) is 21.4 Å². The summed E-state index contributed by atoms with van der Waals surface area (Å²) >= 11 is 1.44. The minimum absolute atomic E-state index is 0.199. The van der Waals surface area contributed by atoms with Gasteiger partial charge in [0.15, 0.2) is 0 Å². The maximum Gasteiger partial charge on any atom is 0.241 e. The predicted octanol–water partition coefficient (Wildman–Crippen LogP) is 2.05. The number of nitrogens with one attached hydrogen (secondary N) is 2. The van der Waals surface area contributed by atoms with Gasteiger partial charge >= 0.3 is 0 Å². The average molecular weight is 367 g/mol. The fourth-order valence-corrected chi connectivity index (χ4v) is 4.30. The molecule has 0 saturated heterocycles. The number of benzene rings is 1. The van der Waals surface area contributed by atoms with Crippen molar-refractivity contribution in [2.75, 3.05) is 0 Å². The Kier molecular flexibility index (Phi) is 5.74. The number of aromatic nitrogens is 1. The largest absolute Gasteiger partial charge is 0.349 e. The summed E-state index contributed by atoms with van der Waals surface area (Å²) < 4.78 is 27.6. The second-order valence-corrected chi connectivity index (χ2v) is 8.14. The molecule has 24 heavy (non-hydrogen) atoms. The molecule has 0 spiro atoms. The van der Waals surface area contributed by atoms with E-state index < -0.39 is 22.0 Å². The molecule has 8 heteroatoms. The number of carbonyl (C=O) groups is 1. The average Bonchev–Trinajstić information content (AvgIpc) is 3.01. The monoisotopic (exact) mass is 367 g/mol. The van der Waals surface area contributed by atoms with E-state index in [2.05, 4.69) is 15.0 Å². The first-order chi connectivity index (χ1) is 11.2. The molecule has 2 N–H and O–H groups in total. The summed E-state index contributed by atoms with van der Waals surface area (Å²) in [5.74, 6) is -0.395. The van der Waals surface area contributed by atoms with Gasteiger partial charge in [0.05, 0.1) is 28.7 Å². The zero-order valence-corrected chi connectivity index (χ0v) is 15.7. The van der Waals surface area contributed by atoms with Gasteiger partial charge in [0.25, 0.3) is 0 Å². The van der Waals surface area contributed by atoms with Crippen molar-refractivity contribution in [1.82, 2.24) is 15.0 Å². The molecule has 1 aromatic carbocycles. The molecule has 2 aromatic rings. The quantitative estimate of drug-likeness (QED) is 0.818. The van der Waals surface area contributed by atoms with E-state index in [-0.39, 0.29) is 11.4 Å². The second-order valence-electron chi connectivity index (χ2n) is 5.74. The lowest BCUT2D eigenvalue weighted by atomic mass is 10.1. The van der Waals surface area contributed by atoms with E-state index in [1.165, 1.54) is 18.3 Å². The highest BCUT2D eigenvalue weighted by atomic mass is 32.2. The van der Waals surface area contributed by atoms with Gasteiger partial charge in [-0.05, 0) is 50.5 Å². The Morgan fingerprint density at radius 3 is 2.50 bits per heavy atom. The van der Waals surface area contributed by atoms with Gasteiger partial charge in [-0.3, -0.25) is 4.79 Å². The molecule has 0 radical (unpaired) electrons. The normalized spacial score (nSPS) is 12.8. The van der Waals surface area contributed by atoms with E-state index in [9.17, 15) is 13.2 Å². The van der Waals surface area contributed by atoms with Crippen LogP contribution in [0.4, 0.5) is 0 Å². The van der Waals surface area contributed by atoms with Crippen LogP contribution in [0.15, 0.2) is 27.9 Å². The van der Waals surface area contributed by atoms with E-state index in [0.29, 0.717) is 5.56 Å². The molecule has 1 heterocycles. The molecule has 1 aromatic heterocycles. The van der Waals surface area contributed by atoms with Crippen LogP contribution in [0.25, 0.3) is 0 Å². The molecule has 0 aliphatic rings. The van der Waals surface area contributed by atoms with Crippen LogP contribution in [0.3, 0.4) is 0 Å². The minimum Gasteiger partial charge on any atom is -0.349 e. The van der Waals surface area contributed by atoms with Crippen molar-refractivity contribution in [2.24, 2.45) is 0 Å². The molecule has 1 atom stereocenters. The van der Waals surface area contributed by atoms with Gasteiger partial charge in [0.1, 0.15) is 0 Å². The van der Waals surface area contributed by atoms with E-state index in [1.54, 1.807) is 18.5 Å². The number of hydrogen-bond donors (Lipinski definition) is 2. The zero-order valence-electron chi connectivity index (χ0n) is 14.1. The minimum atomic E-state index is -3.77. The zero-order chi connectivity index (χ0) is 17.9. The molecule has 0 bridgehead atoms. The first-order valence-electron chi connectivity index (χ1n) is 7.45. The van der Waals surface area contributed by atoms with E-state index in [1.807, 2.05) is 25.3 Å². The maximum absolute atomic E-state index is 12.6. The smallest absolute Gasteiger partial charge is 0.241 e. The number of nitrogens with zero attached hydrogens (tertiary/aromatic N) is 1. The van der Waals surface area contributed by atoms with Gasteiger partial charge in [-0.25, -0.2) is 13.4 Å². The van der Waals surface area contributed by atoms with E-state index >= 15 is 0 Å². The Bertz CT molecular complexity index is 831. The van der Waals surface area contributed by atoms with Crippen LogP contribution in [-0.4, -0.2) is 25.4 Å². The molecule has 0 unspecified atom stereocenters. The Morgan fingerprint density at radius 2 is 1.88 bits per heavy atom. The lowest BCUT2D eigenvalue weighted by Crippen LogP contribution is -2.44. The fraction of sp³-hybridized carbons (Fsp3) is 0.375. The first-order valence-corrected chi connectivity index (χ1v) is 9.88. The molecular weight excluding hydrogens is 346 g/mol. The topological polar surface area (TPSA) is 88.2 Å². The highest BCUT2D eigenvalue weighted by Gasteiger charge is 2.23. The van der Waals surface area contributed by atoms with Gasteiger partial charge < -0.3 is 5.32 Å². The summed E-state index contributed by atoms with van der Waals surface area (Å²) in [6.45, 7) is 7.33. The molecule has 6 nitrogen and oxygen atoms in total. The van der Waals surface area contributed by atoms with Crippen molar-refractivity contribution in [3.8, 4) is 0 Å². The molecule has 0 saturated carbocycles. The molecule has 0 aliphatic carbocycles. The Balaban J connectivity index is 2.08. The van der Waals surface area contributed by atoms with Crippen molar-refractivity contribution >= 4 is 27.3 Å². The SMILES string of the molecule is Cc1cc(C)c(S(=O)(=O)N[C@@H](C)C(=O)NCc2cscn2)cc1C. The number of sulfonamides is 1. The molecule has 2 rings (SSSR count). The molecule has 1 amide bonds. The molecule has 130 valence electrons. The van der Waals surface area contributed by atoms with E-state index in [0.717, 1.165) is 16.8 Å². The molecular formula is C16H21N3O3S2. The van der Waals surface area contributed by atoms with Gasteiger partial charge in [-0.1, -0.05) is 6.07 Å². The molecule has 0 aliphatic heterocycles. The van der Waals surface area contributed by atoms with Crippen LogP contribution in [0.1, 0.15) is 29.3 Å². The standard InChI is InChI=1S/C16H21N3O3S2/c1-10-5-12(3)15(6-11(10)2)24(21,22)19-13(4)16(20)17-7-14-8-23-9-18-14/h5-6,8-9,13,19H,7H2,1-4H3,(H,17,20)/t13-/m0/s1. The number of rotatable bonds is 6. The number of carbonyl (C=O) groups excluding carboxylic acids is 1. The summed E-state index contributed by atoms with van der Waals surface area (Å²) in [4.78, 5) is 16.4. The number of thiazole rings is 1. The fourth-order valence-electron chi connectivity index (χ4n) is 2.23. The Labute approximate surface area is 146 Å². The van der Waals surface area contributed by atoms with Crippen molar-refractivity contribution in [3.05, 3.63) is 45.4 Å². The summed E-state index contributed by atoms with van der Waals surface area (Å²) in [5, 5.41) is 4.50. The van der Waals surface area contributed by atoms with Crippen molar-refractivity contribution in [3.63, 3.8) is 0 Å². The second kappa shape index (κ2) is 7.42. The van der Waals surface area contributed by atoms with Gasteiger partial charge in [0, 0.05) is 5.38 Å². The predicted molar refractivity (Wildman–Crippen MR) is 94.4 cm³/mol. The summed E-state index contributed by atoms with van der Waals surface area (Å²) in [5.41, 5.74) is 4.99. The summed E-state index contributed by atoms with van der Waals surface area (Å²) in [6.07, 6.45) is 0. The maximum atomic E-state index is 12.6. The van der Waals surface area contributed by atoms with Crippen LogP contribution < -0.4 is 10.0 Å². The van der Waals surface area contributed by atoms with Crippen LogP contribution in [0, 0.1) is 20.8 Å². The number of hydrogen-bond acceptors (Lipinski definition) is 5. The lowest BCUT2D eigenvalue weighted by molar-refractivity contribution is -0.122. The third-order valence-corrected chi connectivity index (χ3v) is 6.05. The van der Waals surface area contributed by atoms with Crippen LogP contribution in [0.2, 0.25) is 0 Å². The molecule has 0 fully saturated rings. The number of amides is 1. The summed E-state index contributed by atoms with van der Waals surface area (Å²) in [7, 11) is -3.77. The van der Waals surface area contributed by atoms with E-state index in [4.69, 9.17) is 0 Å². The van der Waals surface area contributed by atoms with Gasteiger partial charge in [-0.2, -0.15) is 4.72 Å². The van der Waals surface area contributed by atoms with Crippen molar-refractivity contribution in [1.29, 1.82) is 0 Å². The highest BCUT2D eigenvalue weighted by Crippen LogP contribution is 2.20. The lowest BCUT2D eigenvalue weighted by Gasteiger charge is -2.16. The van der Waals surface area contributed by atoms with Crippen molar-refractivity contribution < 1.29 is 13.2 Å². The Morgan fingerprint density at radius 1 is 1.21 bits per heavy atom. The third kappa shape index (κ3) is 4.40. The first kappa shape index (κ1) is 18.6. The third-order valence-electron chi connectivity index (χ3n) is 3.73.